The molecule has 0 saturated carbocycles. The van der Waals surface area contributed by atoms with Gasteiger partial charge in [-0.3, -0.25) is 0 Å². The first kappa shape index (κ1) is 8.18. The molecule has 6 heteroatoms. The van der Waals surface area contributed by atoms with Crippen LogP contribution in [-0.4, -0.2) is 15.0 Å². The summed E-state index contributed by atoms with van der Waals surface area (Å²) in [4.78, 5) is 9.72. The first-order chi connectivity index (χ1) is 5.68. The zero-order valence-corrected chi connectivity index (χ0v) is 8.52. The molecule has 0 aliphatic carbocycles. The fourth-order valence-electron chi connectivity index (χ4n) is 0.928. The highest BCUT2D eigenvalue weighted by atomic mass is 127. The number of aromatic nitrogens is 3. The molecule has 2 rings (SSSR count). The number of rotatable bonds is 0. The fourth-order valence-corrected chi connectivity index (χ4v) is 2.01. The van der Waals surface area contributed by atoms with Crippen LogP contribution in [0.1, 0.15) is 0 Å². The van der Waals surface area contributed by atoms with Crippen LogP contribution in [0.25, 0.3) is 11.0 Å². The maximum absolute atomic E-state index is 12.6. The van der Waals surface area contributed by atoms with E-state index in [0.29, 0.717) is 11.0 Å². The highest BCUT2D eigenvalue weighted by Crippen LogP contribution is 2.24. The van der Waals surface area contributed by atoms with Crippen LogP contribution in [-0.2, 0) is 0 Å². The quantitative estimate of drug-likeness (QED) is 0.461. The van der Waals surface area contributed by atoms with Gasteiger partial charge in [-0.25, -0.2) is 0 Å². The maximum atomic E-state index is 12.6. The van der Waals surface area contributed by atoms with Crippen molar-refractivity contribution in [3.8, 4) is 0 Å². The van der Waals surface area contributed by atoms with Gasteiger partial charge in [-0.1, -0.05) is 11.6 Å². The number of hydrogen-bond acceptors (Lipinski definition) is 2. The van der Waals surface area contributed by atoms with Crippen LogP contribution in [0.2, 0.25) is 5.15 Å². The summed E-state index contributed by atoms with van der Waals surface area (Å²) in [6, 6.07) is 0. The van der Waals surface area contributed by atoms with E-state index in [1.807, 2.05) is 0 Å². The molecular weight excluding hydrogens is 295 g/mol. The summed E-state index contributed by atoms with van der Waals surface area (Å²) in [5, 5.41) is 0.807. The first-order valence-electron chi connectivity index (χ1n) is 3.04. The molecule has 0 aliphatic rings. The zero-order valence-electron chi connectivity index (χ0n) is 5.61. The minimum Gasteiger partial charge on any atom is -0.345 e. The van der Waals surface area contributed by atoms with Crippen molar-refractivity contribution in [2.45, 2.75) is 0 Å². The number of halogens is 3. The van der Waals surface area contributed by atoms with E-state index in [9.17, 15) is 4.39 Å². The predicted octanol–water partition coefficient (Wildman–Crippen LogP) is 2.35. The molecule has 0 atom stereocenters. The highest BCUT2D eigenvalue weighted by molar-refractivity contribution is 14.1. The minimum atomic E-state index is -0.814. The monoisotopic (exact) mass is 297 g/mol. The van der Waals surface area contributed by atoms with E-state index in [0.717, 1.165) is 3.57 Å². The molecule has 0 amide bonds. The van der Waals surface area contributed by atoms with Gasteiger partial charge in [-0.05, 0) is 22.6 Å². The van der Waals surface area contributed by atoms with Gasteiger partial charge in [-0.15, -0.1) is 0 Å². The van der Waals surface area contributed by atoms with Crippen LogP contribution in [0.4, 0.5) is 4.39 Å². The average molecular weight is 297 g/mol. The fraction of sp³-hybridized carbons (Fsp3) is 0. The Morgan fingerprint density at radius 2 is 2.25 bits per heavy atom. The van der Waals surface area contributed by atoms with Gasteiger partial charge in [0.25, 0.3) is 0 Å². The Bertz CT molecular complexity index is 442. The second kappa shape index (κ2) is 2.81. The second-order valence-corrected chi connectivity index (χ2v) is 3.66. The van der Waals surface area contributed by atoms with Crippen LogP contribution in [0.15, 0.2) is 6.20 Å². The summed E-state index contributed by atoms with van der Waals surface area (Å²) in [5.41, 5.74) is 0.428. The molecule has 62 valence electrons. The van der Waals surface area contributed by atoms with E-state index in [4.69, 9.17) is 11.6 Å². The van der Waals surface area contributed by atoms with E-state index >= 15 is 0 Å². The summed E-state index contributed by atoms with van der Waals surface area (Å²) in [6.07, 6.45) is 0.886. The summed E-state index contributed by atoms with van der Waals surface area (Å²) < 4.78 is 13.5. The lowest BCUT2D eigenvalue weighted by atomic mass is 10.4. The number of nitrogens with one attached hydrogen (secondary N) is 1. The topological polar surface area (TPSA) is 41.6 Å². The van der Waals surface area contributed by atoms with Gasteiger partial charge in [0.2, 0.25) is 0 Å². The average Bonchev–Trinajstić information content (AvgIpc) is 2.31. The molecule has 0 saturated heterocycles. The lowest BCUT2D eigenvalue weighted by Crippen LogP contribution is -1.90. The molecule has 2 aromatic rings. The van der Waals surface area contributed by atoms with E-state index in [-0.39, 0.29) is 5.15 Å². The van der Waals surface area contributed by atoms with Gasteiger partial charge in [-0.2, -0.15) is 14.4 Å². The summed E-state index contributed by atoms with van der Waals surface area (Å²) in [6.45, 7) is 0. The standard InChI is InChI=1S/C6H2ClFIN3/c7-4-3-2(9)1-10-5(3)12-6(8)11-4/h1H,(H,10,11,12). The Hall–Kier alpha value is -0.430. The SMILES string of the molecule is Fc1nc(Cl)c2c(I)c[nH]c2n1. The van der Waals surface area contributed by atoms with Crippen molar-refractivity contribution in [2.24, 2.45) is 0 Å². The molecule has 2 aromatic heterocycles. The molecule has 0 unspecified atom stereocenters. The predicted molar refractivity (Wildman–Crippen MR) is 51.6 cm³/mol. The minimum absolute atomic E-state index is 0.142. The van der Waals surface area contributed by atoms with Crippen LogP contribution in [0, 0.1) is 9.65 Å². The Kier molecular flexibility index (Phi) is 1.91. The molecule has 1 N–H and O–H groups in total. The van der Waals surface area contributed by atoms with E-state index in [1.54, 1.807) is 6.20 Å². The zero-order chi connectivity index (χ0) is 8.72. The summed E-state index contributed by atoms with van der Waals surface area (Å²) in [5.74, 6) is 0. The molecule has 0 fully saturated rings. The highest BCUT2D eigenvalue weighted by Gasteiger charge is 2.09. The van der Waals surface area contributed by atoms with Crippen molar-refractivity contribution in [1.29, 1.82) is 0 Å². The summed E-state index contributed by atoms with van der Waals surface area (Å²) >= 11 is 7.77. The molecule has 0 bridgehead atoms. The van der Waals surface area contributed by atoms with Crippen molar-refractivity contribution in [1.82, 2.24) is 15.0 Å². The normalized spacial score (nSPS) is 10.9. The van der Waals surface area contributed by atoms with E-state index < -0.39 is 6.08 Å². The maximum Gasteiger partial charge on any atom is 0.312 e. The summed E-state index contributed by atoms with van der Waals surface area (Å²) in [7, 11) is 0. The van der Waals surface area contributed by atoms with Crippen LogP contribution in [0.5, 0.6) is 0 Å². The van der Waals surface area contributed by atoms with Gasteiger partial charge >= 0.3 is 6.08 Å². The van der Waals surface area contributed by atoms with Gasteiger partial charge in [0.05, 0.1) is 5.39 Å². The van der Waals surface area contributed by atoms with Crippen LogP contribution >= 0.6 is 34.2 Å². The number of hydrogen-bond donors (Lipinski definition) is 1. The number of aromatic amines is 1. The van der Waals surface area contributed by atoms with Gasteiger partial charge < -0.3 is 4.98 Å². The van der Waals surface area contributed by atoms with Crippen molar-refractivity contribution < 1.29 is 4.39 Å². The Morgan fingerprint density at radius 1 is 1.50 bits per heavy atom. The lowest BCUT2D eigenvalue weighted by molar-refractivity contribution is 0.544. The molecule has 12 heavy (non-hydrogen) atoms. The molecule has 0 spiro atoms. The molecule has 2 heterocycles. The van der Waals surface area contributed by atoms with E-state index in [1.165, 1.54) is 0 Å². The van der Waals surface area contributed by atoms with Crippen LogP contribution < -0.4 is 0 Å². The Balaban J connectivity index is 2.93. The van der Waals surface area contributed by atoms with Crippen molar-refractivity contribution in [3.05, 3.63) is 21.0 Å². The van der Waals surface area contributed by atoms with E-state index in [2.05, 4.69) is 37.5 Å². The molecule has 0 radical (unpaired) electrons. The van der Waals surface area contributed by atoms with Crippen molar-refractivity contribution >= 4 is 45.2 Å². The molecule has 3 nitrogen and oxygen atoms in total. The number of fused-ring (bicyclic) bond motifs is 1. The largest absolute Gasteiger partial charge is 0.345 e. The van der Waals surface area contributed by atoms with Gasteiger partial charge in [0.1, 0.15) is 10.8 Å². The number of H-pyrrole nitrogens is 1. The molecular formula is C6H2ClFIN3. The van der Waals surface area contributed by atoms with Crippen molar-refractivity contribution in [2.75, 3.05) is 0 Å². The smallest absolute Gasteiger partial charge is 0.312 e. The molecule has 0 aliphatic heterocycles. The number of nitrogens with zero attached hydrogens (tertiary/aromatic N) is 2. The second-order valence-electron chi connectivity index (χ2n) is 2.14. The van der Waals surface area contributed by atoms with Gasteiger partial charge in [0, 0.05) is 9.77 Å². The van der Waals surface area contributed by atoms with Crippen LogP contribution in [0.3, 0.4) is 0 Å². The molecule has 0 aromatic carbocycles. The lowest BCUT2D eigenvalue weighted by Gasteiger charge is -1.92. The third-order valence-corrected chi connectivity index (χ3v) is 2.54. The third kappa shape index (κ3) is 1.16. The Labute approximate surface area is 85.5 Å². The van der Waals surface area contributed by atoms with Crippen molar-refractivity contribution in [3.63, 3.8) is 0 Å². The van der Waals surface area contributed by atoms with Gasteiger partial charge in [0.15, 0.2) is 0 Å². The Morgan fingerprint density at radius 3 is 3.00 bits per heavy atom. The first-order valence-corrected chi connectivity index (χ1v) is 4.50. The third-order valence-electron chi connectivity index (χ3n) is 1.41.